The molecule has 0 radical (unpaired) electrons. The summed E-state index contributed by atoms with van der Waals surface area (Å²) >= 11 is 7.27. The first kappa shape index (κ1) is 21.3. The van der Waals surface area contributed by atoms with Gasteiger partial charge in [-0.3, -0.25) is 14.5 Å². The lowest BCUT2D eigenvalue weighted by atomic mass is 10.1. The van der Waals surface area contributed by atoms with Gasteiger partial charge in [0.2, 0.25) is 0 Å². The largest absolute Gasteiger partial charge is 0.274 e. The van der Waals surface area contributed by atoms with Gasteiger partial charge in [-0.05, 0) is 47.4 Å². The summed E-state index contributed by atoms with van der Waals surface area (Å²) in [5, 5.41) is 0.636. The number of benzene rings is 3. The third-order valence-corrected chi connectivity index (χ3v) is 6.42. The van der Waals surface area contributed by atoms with Crippen LogP contribution in [0.5, 0.6) is 0 Å². The number of imide groups is 1. The summed E-state index contributed by atoms with van der Waals surface area (Å²) in [7, 11) is 0. The Hall–Kier alpha value is -2.89. The van der Waals surface area contributed by atoms with Gasteiger partial charge >= 0.3 is 0 Å². The van der Waals surface area contributed by atoms with Crippen LogP contribution in [0.2, 0.25) is 5.02 Å². The van der Waals surface area contributed by atoms with Crippen LogP contribution >= 0.6 is 23.4 Å². The van der Waals surface area contributed by atoms with Crippen molar-refractivity contribution in [3.05, 3.63) is 111 Å². The molecule has 0 aromatic heterocycles. The van der Waals surface area contributed by atoms with Gasteiger partial charge in [0, 0.05) is 17.3 Å². The zero-order chi connectivity index (χ0) is 21.8. The lowest BCUT2D eigenvalue weighted by Crippen LogP contribution is -2.33. The molecule has 3 aromatic rings. The van der Waals surface area contributed by atoms with E-state index in [0.717, 1.165) is 11.1 Å². The number of carbonyl (C=O) groups excluding carboxylic acids is 2. The van der Waals surface area contributed by atoms with Gasteiger partial charge in [0.05, 0.1) is 10.5 Å². The Labute approximate surface area is 189 Å². The van der Waals surface area contributed by atoms with E-state index in [9.17, 15) is 14.0 Å². The molecule has 2 amide bonds. The molecular weight excluding hydrogens is 433 g/mol. The summed E-state index contributed by atoms with van der Waals surface area (Å²) < 4.78 is 13.4. The van der Waals surface area contributed by atoms with Crippen LogP contribution in [0.15, 0.2) is 83.8 Å². The molecule has 0 bridgehead atoms. The molecule has 3 nitrogen and oxygen atoms in total. The molecule has 0 fully saturated rings. The highest BCUT2D eigenvalue weighted by molar-refractivity contribution is 8.03. The van der Waals surface area contributed by atoms with Crippen LogP contribution in [0, 0.1) is 5.82 Å². The Balaban J connectivity index is 1.59. The molecule has 4 rings (SSSR count). The van der Waals surface area contributed by atoms with Crippen molar-refractivity contribution in [2.24, 2.45) is 0 Å². The van der Waals surface area contributed by atoms with Crippen molar-refractivity contribution in [3.8, 4) is 0 Å². The maximum Gasteiger partial charge on any atom is 0.268 e. The van der Waals surface area contributed by atoms with Crippen LogP contribution < -0.4 is 0 Å². The monoisotopic (exact) mass is 451 g/mol. The van der Waals surface area contributed by atoms with E-state index in [1.807, 2.05) is 42.5 Å². The molecule has 0 saturated heterocycles. The normalized spacial score (nSPS) is 13.9. The second kappa shape index (κ2) is 9.50. The fourth-order valence-corrected chi connectivity index (χ4v) is 4.60. The Morgan fingerprint density at radius 1 is 0.806 bits per heavy atom. The lowest BCUT2D eigenvalue weighted by Gasteiger charge is -2.15. The Kier molecular flexibility index (Phi) is 6.54. The first-order valence-electron chi connectivity index (χ1n) is 9.80. The van der Waals surface area contributed by atoms with Gasteiger partial charge in [-0.15, -0.1) is 11.8 Å². The van der Waals surface area contributed by atoms with Crippen molar-refractivity contribution >= 4 is 40.8 Å². The summed E-state index contributed by atoms with van der Waals surface area (Å²) in [5.74, 6) is -0.482. The van der Waals surface area contributed by atoms with E-state index in [1.165, 1.54) is 28.8 Å². The predicted octanol–water partition coefficient (Wildman–Crippen LogP) is 5.74. The van der Waals surface area contributed by atoms with Crippen LogP contribution in [0.4, 0.5) is 4.39 Å². The van der Waals surface area contributed by atoms with Crippen LogP contribution in [0.1, 0.15) is 16.7 Å². The SMILES string of the molecule is O=C1C(SCc2ccccc2)=C(c2ccc(F)cc2)C(=O)N1CCc1ccc(Cl)cc1. The summed E-state index contributed by atoms with van der Waals surface area (Å²) in [6, 6.07) is 22.8. The molecule has 3 aromatic carbocycles. The van der Waals surface area contributed by atoms with Crippen molar-refractivity contribution in [3.63, 3.8) is 0 Å². The molecule has 0 aliphatic carbocycles. The molecule has 156 valence electrons. The first-order valence-corrected chi connectivity index (χ1v) is 11.2. The highest BCUT2D eigenvalue weighted by Gasteiger charge is 2.38. The number of carbonyl (C=O) groups is 2. The van der Waals surface area contributed by atoms with Gasteiger partial charge in [-0.1, -0.05) is 66.2 Å². The van der Waals surface area contributed by atoms with Crippen LogP contribution in [0.3, 0.4) is 0 Å². The molecule has 1 aliphatic heterocycles. The molecule has 1 heterocycles. The standard InChI is InChI=1S/C25H19ClFNO2S/c26-20-10-6-17(7-11-20)14-15-28-24(29)22(19-8-12-21(27)13-9-19)23(25(28)30)31-16-18-4-2-1-3-5-18/h1-13H,14-16H2. The van der Waals surface area contributed by atoms with E-state index >= 15 is 0 Å². The fraction of sp³-hybridized carbons (Fsp3) is 0.120. The van der Waals surface area contributed by atoms with E-state index in [2.05, 4.69) is 0 Å². The maximum atomic E-state index is 13.4. The second-order valence-electron chi connectivity index (χ2n) is 7.12. The molecule has 31 heavy (non-hydrogen) atoms. The van der Waals surface area contributed by atoms with Crippen LogP contribution in [0.25, 0.3) is 5.57 Å². The molecule has 0 unspecified atom stereocenters. The second-order valence-corrected chi connectivity index (χ2v) is 8.55. The summed E-state index contributed by atoms with van der Waals surface area (Å²) in [6.07, 6.45) is 0.530. The molecule has 1 aliphatic rings. The van der Waals surface area contributed by atoms with Gasteiger partial charge in [-0.2, -0.15) is 0 Å². The Morgan fingerprint density at radius 3 is 2.16 bits per heavy atom. The van der Waals surface area contributed by atoms with Gasteiger partial charge in [0.25, 0.3) is 11.8 Å². The average Bonchev–Trinajstić information content (AvgIpc) is 3.02. The molecule has 6 heteroatoms. The van der Waals surface area contributed by atoms with E-state index in [1.54, 1.807) is 24.3 Å². The minimum atomic E-state index is -0.390. The minimum Gasteiger partial charge on any atom is -0.274 e. The number of rotatable bonds is 7. The Bertz CT molecular complexity index is 1130. The number of nitrogens with zero attached hydrogens (tertiary/aromatic N) is 1. The first-order chi connectivity index (χ1) is 15.0. The average molecular weight is 452 g/mol. The number of amides is 2. The van der Waals surface area contributed by atoms with Crippen molar-refractivity contribution in [2.45, 2.75) is 12.2 Å². The minimum absolute atomic E-state index is 0.263. The number of hydrogen-bond acceptors (Lipinski definition) is 3. The van der Waals surface area contributed by atoms with Gasteiger partial charge in [0.15, 0.2) is 0 Å². The predicted molar refractivity (Wildman–Crippen MR) is 123 cm³/mol. The van der Waals surface area contributed by atoms with E-state index in [4.69, 9.17) is 11.6 Å². The summed E-state index contributed by atoms with van der Waals surface area (Å²) in [4.78, 5) is 28.1. The molecular formula is C25H19ClFNO2S. The molecule has 0 saturated carbocycles. The topological polar surface area (TPSA) is 37.4 Å². The Morgan fingerprint density at radius 2 is 1.48 bits per heavy atom. The quantitative estimate of drug-likeness (QED) is 0.430. The summed E-state index contributed by atoms with van der Waals surface area (Å²) in [5.41, 5.74) is 2.92. The lowest BCUT2D eigenvalue weighted by molar-refractivity contribution is -0.136. The third kappa shape index (κ3) is 4.89. The molecule has 0 atom stereocenters. The smallest absolute Gasteiger partial charge is 0.268 e. The van der Waals surface area contributed by atoms with Crippen molar-refractivity contribution in [2.75, 3.05) is 6.54 Å². The highest BCUT2D eigenvalue weighted by Crippen LogP contribution is 2.37. The molecule has 0 N–H and O–H groups in total. The zero-order valence-corrected chi connectivity index (χ0v) is 18.1. The maximum absolute atomic E-state index is 13.4. The number of hydrogen-bond donors (Lipinski definition) is 0. The van der Waals surface area contributed by atoms with Gasteiger partial charge < -0.3 is 0 Å². The van der Waals surface area contributed by atoms with Crippen LogP contribution in [-0.4, -0.2) is 23.3 Å². The van der Waals surface area contributed by atoms with E-state index < -0.39 is 0 Å². The van der Waals surface area contributed by atoms with Crippen molar-refractivity contribution < 1.29 is 14.0 Å². The van der Waals surface area contributed by atoms with Crippen molar-refractivity contribution in [1.29, 1.82) is 0 Å². The number of thioether (sulfide) groups is 1. The number of halogens is 2. The van der Waals surface area contributed by atoms with Gasteiger partial charge in [0.1, 0.15) is 5.82 Å². The van der Waals surface area contributed by atoms with Gasteiger partial charge in [-0.25, -0.2) is 4.39 Å². The third-order valence-electron chi connectivity index (χ3n) is 5.02. The van der Waals surface area contributed by atoms with E-state index in [-0.39, 0.29) is 24.2 Å². The van der Waals surface area contributed by atoms with E-state index in [0.29, 0.717) is 33.2 Å². The van der Waals surface area contributed by atoms with Crippen LogP contribution in [-0.2, 0) is 21.8 Å². The van der Waals surface area contributed by atoms with Crippen molar-refractivity contribution in [1.82, 2.24) is 4.90 Å². The highest BCUT2D eigenvalue weighted by atomic mass is 35.5. The zero-order valence-electron chi connectivity index (χ0n) is 16.6. The fourth-order valence-electron chi connectivity index (χ4n) is 3.38. The summed E-state index contributed by atoms with van der Waals surface area (Å²) in [6.45, 7) is 0.263. The molecule has 0 spiro atoms.